The molecule has 0 radical (unpaired) electrons. The van der Waals surface area contributed by atoms with Gasteiger partial charge in [-0.3, -0.25) is 19.3 Å². The van der Waals surface area contributed by atoms with Crippen LogP contribution in [-0.2, 0) is 19.5 Å². The lowest BCUT2D eigenvalue weighted by molar-refractivity contribution is 0.0938. The predicted molar refractivity (Wildman–Crippen MR) is 135 cm³/mol. The first-order valence-corrected chi connectivity index (χ1v) is 12.6. The van der Waals surface area contributed by atoms with Crippen LogP contribution in [0.15, 0.2) is 49.0 Å². The van der Waals surface area contributed by atoms with E-state index in [9.17, 15) is 9.59 Å². The summed E-state index contributed by atoms with van der Waals surface area (Å²) in [5.74, 6) is -0.480. The first-order chi connectivity index (χ1) is 17.5. The average molecular weight is 508 g/mol. The molecule has 1 unspecified atom stereocenters. The molecule has 0 saturated carbocycles. The van der Waals surface area contributed by atoms with Crippen LogP contribution in [0.3, 0.4) is 0 Å². The normalized spacial score (nSPS) is 14.7. The van der Waals surface area contributed by atoms with Crippen molar-refractivity contribution >= 4 is 23.2 Å². The summed E-state index contributed by atoms with van der Waals surface area (Å²) in [5.41, 5.74) is 2.13. The molecule has 0 fully saturated rings. The third-order valence-electron chi connectivity index (χ3n) is 5.65. The monoisotopic (exact) mass is 507 g/mol. The number of carbonyl (C=O) groups excluding carboxylic acids is 2. The Bertz CT molecular complexity index is 1230. The highest BCUT2D eigenvalue weighted by molar-refractivity contribution is 7.13. The maximum Gasteiger partial charge on any atom is 0.282 e. The van der Waals surface area contributed by atoms with Crippen LogP contribution in [0.2, 0.25) is 0 Å². The Balaban J connectivity index is 1.15. The quantitative estimate of drug-likeness (QED) is 0.376. The molecule has 0 aromatic carbocycles. The highest BCUT2D eigenvalue weighted by Crippen LogP contribution is 2.13. The fraction of sp³-hybridized carbons (Fsp3) is 0.375. The van der Waals surface area contributed by atoms with Gasteiger partial charge >= 0.3 is 0 Å². The van der Waals surface area contributed by atoms with Crippen molar-refractivity contribution in [1.82, 2.24) is 45.7 Å². The van der Waals surface area contributed by atoms with Crippen molar-refractivity contribution in [1.29, 1.82) is 0 Å². The number of aryl methyl sites for hydroxylation is 3. The lowest BCUT2D eigenvalue weighted by Crippen LogP contribution is -2.39. The molecule has 2 N–H and O–H groups in total. The number of nitrogens with zero attached hydrogens (tertiary/aromatic N) is 7. The Morgan fingerprint density at radius 3 is 2.78 bits per heavy atom. The van der Waals surface area contributed by atoms with E-state index in [2.05, 4.69) is 36.1 Å². The summed E-state index contributed by atoms with van der Waals surface area (Å²) in [6, 6.07) is 3.96. The smallest absolute Gasteiger partial charge is 0.282 e. The molecule has 4 rings (SSSR count). The molecule has 1 aliphatic heterocycles. The second-order valence-electron chi connectivity index (χ2n) is 8.48. The van der Waals surface area contributed by atoms with E-state index in [1.165, 1.54) is 11.3 Å². The number of aromatic nitrogens is 6. The third-order valence-corrected chi connectivity index (χ3v) is 6.63. The van der Waals surface area contributed by atoms with Crippen LogP contribution < -0.4 is 10.6 Å². The molecular formula is C24H29N9O2S. The Morgan fingerprint density at radius 1 is 1.08 bits per heavy atom. The van der Waals surface area contributed by atoms with E-state index in [0.29, 0.717) is 24.6 Å². The summed E-state index contributed by atoms with van der Waals surface area (Å²) in [6.45, 7) is 3.43. The Hall–Kier alpha value is -3.93. The van der Waals surface area contributed by atoms with Crippen LogP contribution in [0.25, 0.3) is 0 Å². The summed E-state index contributed by atoms with van der Waals surface area (Å²) in [5, 5.41) is 23.1. The maximum absolute atomic E-state index is 12.4. The molecule has 0 spiro atoms. The number of amides is 2. The van der Waals surface area contributed by atoms with Crippen molar-refractivity contribution in [2.45, 2.75) is 45.3 Å². The minimum atomic E-state index is -0.274. The molecule has 0 bridgehead atoms. The molecule has 0 aliphatic carbocycles. The van der Waals surface area contributed by atoms with Gasteiger partial charge in [0.2, 0.25) is 5.01 Å². The minimum absolute atomic E-state index is 0.125. The molecule has 12 heteroatoms. The summed E-state index contributed by atoms with van der Waals surface area (Å²) in [6.07, 6.45) is 13.7. The molecule has 1 aliphatic rings. The Kier molecular flexibility index (Phi) is 8.50. The summed E-state index contributed by atoms with van der Waals surface area (Å²) >= 11 is 1.31. The summed E-state index contributed by atoms with van der Waals surface area (Å²) in [7, 11) is 1.97. The SMILES string of the molecule is Cc1ccc(CNC(=O)c2cn(CCCCc3nnc(C(=O)NCC4C=CC=CN4C)s3)nn2)cn1. The van der Waals surface area contributed by atoms with Crippen LogP contribution in [0.5, 0.6) is 0 Å². The molecular weight excluding hydrogens is 478 g/mol. The first-order valence-electron chi connectivity index (χ1n) is 11.8. The predicted octanol–water partition coefficient (Wildman–Crippen LogP) is 1.90. The number of allylic oxidation sites excluding steroid dienone is 2. The fourth-order valence-electron chi connectivity index (χ4n) is 3.49. The van der Waals surface area contributed by atoms with E-state index in [-0.39, 0.29) is 23.6 Å². The molecule has 188 valence electrons. The summed E-state index contributed by atoms with van der Waals surface area (Å²) in [4.78, 5) is 31.0. The summed E-state index contributed by atoms with van der Waals surface area (Å²) < 4.78 is 1.66. The largest absolute Gasteiger partial charge is 0.372 e. The van der Waals surface area contributed by atoms with E-state index >= 15 is 0 Å². The molecule has 1 atom stereocenters. The van der Waals surface area contributed by atoms with Crippen LogP contribution >= 0.6 is 11.3 Å². The van der Waals surface area contributed by atoms with Gasteiger partial charge in [0.25, 0.3) is 11.8 Å². The highest BCUT2D eigenvalue weighted by Gasteiger charge is 2.16. The molecule has 0 saturated heterocycles. The van der Waals surface area contributed by atoms with Crippen molar-refractivity contribution in [3.63, 3.8) is 0 Å². The topological polar surface area (TPSA) is 131 Å². The van der Waals surface area contributed by atoms with Crippen molar-refractivity contribution in [3.8, 4) is 0 Å². The number of rotatable bonds is 11. The van der Waals surface area contributed by atoms with Crippen LogP contribution in [0, 0.1) is 6.92 Å². The van der Waals surface area contributed by atoms with E-state index in [0.717, 1.165) is 35.5 Å². The lowest BCUT2D eigenvalue weighted by atomic mass is 10.2. The van der Waals surface area contributed by atoms with Crippen LogP contribution in [0.1, 0.15) is 49.4 Å². The molecule has 3 aromatic heterocycles. The van der Waals surface area contributed by atoms with Gasteiger partial charge in [-0.25, -0.2) is 0 Å². The van der Waals surface area contributed by atoms with Gasteiger partial charge in [-0.15, -0.1) is 15.3 Å². The minimum Gasteiger partial charge on any atom is -0.372 e. The molecule has 3 aromatic rings. The van der Waals surface area contributed by atoms with E-state index in [4.69, 9.17) is 0 Å². The van der Waals surface area contributed by atoms with Gasteiger partial charge < -0.3 is 15.5 Å². The van der Waals surface area contributed by atoms with Crippen molar-refractivity contribution in [2.24, 2.45) is 0 Å². The Labute approximate surface area is 213 Å². The molecule has 2 amide bonds. The molecule has 11 nitrogen and oxygen atoms in total. The zero-order valence-electron chi connectivity index (χ0n) is 20.3. The number of nitrogens with one attached hydrogen (secondary N) is 2. The number of hydrogen-bond donors (Lipinski definition) is 2. The van der Waals surface area contributed by atoms with Crippen molar-refractivity contribution in [3.05, 3.63) is 75.9 Å². The zero-order valence-corrected chi connectivity index (χ0v) is 21.1. The van der Waals surface area contributed by atoms with Crippen LogP contribution in [-0.4, -0.2) is 66.5 Å². The average Bonchev–Trinajstić information content (AvgIpc) is 3.56. The van der Waals surface area contributed by atoms with E-state index < -0.39 is 0 Å². The second-order valence-corrected chi connectivity index (χ2v) is 9.55. The molecule has 4 heterocycles. The molecule has 36 heavy (non-hydrogen) atoms. The number of carbonyl (C=O) groups is 2. The lowest BCUT2D eigenvalue weighted by Gasteiger charge is -2.26. The van der Waals surface area contributed by atoms with Gasteiger partial charge in [-0.05, 0) is 43.7 Å². The van der Waals surface area contributed by atoms with Gasteiger partial charge in [-0.1, -0.05) is 34.8 Å². The second kappa shape index (κ2) is 12.2. The first kappa shape index (κ1) is 25.2. The van der Waals surface area contributed by atoms with Gasteiger partial charge in [0, 0.05) is 45.0 Å². The number of hydrogen-bond acceptors (Lipinski definition) is 9. The third kappa shape index (κ3) is 7.04. The van der Waals surface area contributed by atoms with Gasteiger partial charge in [0.1, 0.15) is 5.01 Å². The van der Waals surface area contributed by atoms with Crippen LogP contribution in [0.4, 0.5) is 0 Å². The highest BCUT2D eigenvalue weighted by atomic mass is 32.1. The van der Waals surface area contributed by atoms with Crippen molar-refractivity contribution in [2.75, 3.05) is 13.6 Å². The van der Waals surface area contributed by atoms with Gasteiger partial charge in [0.15, 0.2) is 5.69 Å². The number of pyridine rings is 1. The standard InChI is InChI=1S/C24H29N9O2S/c1-17-9-10-18(13-25-17)14-26-22(34)20-16-33(31-28-20)12-6-4-8-21-29-30-24(36-21)23(35)27-15-19-7-3-5-11-32(19)2/h3,5,7,9-11,13,16,19H,4,6,8,12,14-15H2,1-2H3,(H,26,34)(H,27,35). The van der Waals surface area contributed by atoms with Crippen molar-refractivity contribution < 1.29 is 9.59 Å². The van der Waals surface area contributed by atoms with Gasteiger partial charge in [-0.2, -0.15) is 0 Å². The number of unbranched alkanes of at least 4 members (excludes halogenated alkanes) is 1. The fourth-order valence-corrected chi connectivity index (χ4v) is 4.29. The number of likely N-dealkylation sites (N-methyl/N-ethyl adjacent to an activating group) is 1. The Morgan fingerprint density at radius 2 is 1.97 bits per heavy atom. The maximum atomic E-state index is 12.4. The zero-order chi connectivity index (χ0) is 25.3. The van der Waals surface area contributed by atoms with Gasteiger partial charge in [0.05, 0.1) is 12.2 Å². The van der Waals surface area contributed by atoms with E-state index in [1.54, 1.807) is 17.1 Å². The van der Waals surface area contributed by atoms with E-state index in [1.807, 2.05) is 55.4 Å².